The number of alkyl halides is 3. The predicted octanol–water partition coefficient (Wildman–Crippen LogP) is 2.18. The molecular formula is C12H17F3N2OS. The van der Waals surface area contributed by atoms with E-state index in [2.05, 4.69) is 4.90 Å². The number of nitrogens with zero attached hydrogens (tertiary/aromatic N) is 2. The van der Waals surface area contributed by atoms with E-state index in [4.69, 9.17) is 0 Å². The van der Waals surface area contributed by atoms with Crippen LogP contribution in [0, 0.1) is 0 Å². The third-order valence-corrected chi connectivity index (χ3v) is 4.06. The summed E-state index contributed by atoms with van der Waals surface area (Å²) in [7, 11) is 0. The Hall–Kier alpha value is -0.790. The van der Waals surface area contributed by atoms with Crippen molar-refractivity contribution in [3.63, 3.8) is 0 Å². The SMILES string of the molecule is OC(CN1CCN(c2cccs2)CC1)CC(F)(F)F. The first-order chi connectivity index (χ1) is 8.94. The molecule has 1 saturated heterocycles. The summed E-state index contributed by atoms with van der Waals surface area (Å²) in [5.41, 5.74) is 0. The molecule has 108 valence electrons. The molecule has 1 fully saturated rings. The van der Waals surface area contributed by atoms with Crippen molar-refractivity contribution in [2.75, 3.05) is 37.6 Å². The van der Waals surface area contributed by atoms with Crippen LogP contribution in [0.5, 0.6) is 0 Å². The molecule has 0 bridgehead atoms. The Kier molecular flexibility index (Phi) is 4.70. The van der Waals surface area contributed by atoms with Gasteiger partial charge in [0, 0.05) is 32.7 Å². The summed E-state index contributed by atoms with van der Waals surface area (Å²) in [4.78, 5) is 4.11. The van der Waals surface area contributed by atoms with E-state index in [0.717, 1.165) is 13.1 Å². The van der Waals surface area contributed by atoms with Crippen LogP contribution in [0.1, 0.15) is 6.42 Å². The van der Waals surface area contributed by atoms with Crippen molar-refractivity contribution in [3.05, 3.63) is 17.5 Å². The van der Waals surface area contributed by atoms with Crippen LogP contribution < -0.4 is 4.90 Å². The molecule has 1 aromatic heterocycles. The topological polar surface area (TPSA) is 26.7 Å². The average Bonchev–Trinajstić information content (AvgIpc) is 2.80. The molecule has 2 rings (SSSR count). The lowest BCUT2D eigenvalue weighted by Crippen LogP contribution is -2.48. The van der Waals surface area contributed by atoms with E-state index in [1.807, 2.05) is 22.4 Å². The van der Waals surface area contributed by atoms with E-state index in [9.17, 15) is 18.3 Å². The molecule has 1 aliphatic heterocycles. The first kappa shape index (κ1) is 14.6. The van der Waals surface area contributed by atoms with Crippen LogP contribution >= 0.6 is 11.3 Å². The van der Waals surface area contributed by atoms with Crippen molar-refractivity contribution in [2.45, 2.75) is 18.7 Å². The Morgan fingerprint density at radius 2 is 1.95 bits per heavy atom. The van der Waals surface area contributed by atoms with Crippen molar-refractivity contribution in [1.29, 1.82) is 0 Å². The van der Waals surface area contributed by atoms with Crippen molar-refractivity contribution in [3.8, 4) is 0 Å². The number of hydrogen-bond donors (Lipinski definition) is 1. The highest BCUT2D eigenvalue weighted by atomic mass is 32.1. The van der Waals surface area contributed by atoms with Crippen molar-refractivity contribution in [2.24, 2.45) is 0 Å². The molecule has 19 heavy (non-hydrogen) atoms. The molecule has 0 amide bonds. The minimum atomic E-state index is -4.29. The van der Waals surface area contributed by atoms with Gasteiger partial charge in [0.05, 0.1) is 17.5 Å². The van der Waals surface area contributed by atoms with Crippen LogP contribution in [0.2, 0.25) is 0 Å². The number of aliphatic hydroxyl groups excluding tert-OH is 1. The Morgan fingerprint density at radius 1 is 1.26 bits per heavy atom. The van der Waals surface area contributed by atoms with Gasteiger partial charge in [-0.1, -0.05) is 0 Å². The molecule has 1 unspecified atom stereocenters. The molecule has 0 saturated carbocycles. The number of anilines is 1. The monoisotopic (exact) mass is 294 g/mol. The fourth-order valence-electron chi connectivity index (χ4n) is 2.23. The summed E-state index contributed by atoms with van der Waals surface area (Å²) in [5.74, 6) is 0. The number of β-amino-alcohol motifs (C(OH)–C–C–N with tert-alkyl or cyclic N) is 1. The normalized spacial score (nSPS) is 19.7. The van der Waals surface area contributed by atoms with Gasteiger partial charge in [-0.15, -0.1) is 11.3 Å². The standard InChI is InChI=1S/C12H17F3N2OS/c13-12(14,15)8-10(18)9-16-3-5-17(6-4-16)11-2-1-7-19-11/h1-2,7,10,18H,3-6,8-9H2. The molecule has 0 radical (unpaired) electrons. The molecule has 3 nitrogen and oxygen atoms in total. The molecule has 1 atom stereocenters. The summed E-state index contributed by atoms with van der Waals surface area (Å²) >= 11 is 1.66. The summed E-state index contributed by atoms with van der Waals surface area (Å²) < 4.78 is 36.4. The third kappa shape index (κ3) is 4.67. The Balaban J connectivity index is 1.74. The number of aliphatic hydroxyl groups is 1. The van der Waals surface area contributed by atoms with Crippen molar-refractivity contribution < 1.29 is 18.3 Å². The van der Waals surface area contributed by atoms with E-state index < -0.39 is 18.7 Å². The van der Waals surface area contributed by atoms with Crippen molar-refractivity contribution in [1.82, 2.24) is 4.90 Å². The Labute approximate surface area is 114 Å². The van der Waals surface area contributed by atoms with Gasteiger partial charge in [-0.2, -0.15) is 13.2 Å². The van der Waals surface area contributed by atoms with E-state index in [-0.39, 0.29) is 6.54 Å². The summed E-state index contributed by atoms with van der Waals surface area (Å²) in [6.45, 7) is 3.05. The fraction of sp³-hybridized carbons (Fsp3) is 0.667. The van der Waals surface area contributed by atoms with Crippen LogP contribution in [0.4, 0.5) is 18.2 Å². The zero-order valence-electron chi connectivity index (χ0n) is 10.4. The lowest BCUT2D eigenvalue weighted by molar-refractivity contribution is -0.155. The lowest BCUT2D eigenvalue weighted by atomic mass is 10.2. The molecule has 1 aromatic rings. The number of piperazine rings is 1. The van der Waals surface area contributed by atoms with E-state index >= 15 is 0 Å². The maximum absolute atomic E-state index is 12.1. The zero-order chi connectivity index (χ0) is 13.9. The van der Waals surface area contributed by atoms with E-state index in [1.165, 1.54) is 5.00 Å². The van der Waals surface area contributed by atoms with E-state index in [0.29, 0.717) is 13.1 Å². The maximum Gasteiger partial charge on any atom is 0.391 e. The van der Waals surface area contributed by atoms with Gasteiger partial charge >= 0.3 is 6.18 Å². The quantitative estimate of drug-likeness (QED) is 0.922. The van der Waals surface area contributed by atoms with E-state index in [1.54, 1.807) is 11.3 Å². The summed E-state index contributed by atoms with van der Waals surface area (Å²) in [6.07, 6.45) is -6.75. The summed E-state index contributed by atoms with van der Waals surface area (Å²) in [5, 5.41) is 12.6. The highest BCUT2D eigenvalue weighted by Crippen LogP contribution is 2.24. The van der Waals surface area contributed by atoms with Gasteiger partial charge in [-0.05, 0) is 17.5 Å². The molecular weight excluding hydrogens is 277 g/mol. The third-order valence-electron chi connectivity index (χ3n) is 3.13. The number of thiophene rings is 1. The smallest absolute Gasteiger partial charge is 0.391 e. The molecule has 1 N–H and O–H groups in total. The van der Waals surface area contributed by atoms with Crippen molar-refractivity contribution >= 4 is 16.3 Å². The number of halogens is 3. The molecule has 0 aromatic carbocycles. The van der Waals surface area contributed by atoms with Crippen LogP contribution in [0.15, 0.2) is 17.5 Å². The molecule has 0 aliphatic carbocycles. The summed E-state index contributed by atoms with van der Waals surface area (Å²) in [6, 6.07) is 4.03. The fourth-order valence-corrected chi connectivity index (χ4v) is 3.02. The second-order valence-corrected chi connectivity index (χ2v) is 5.64. The van der Waals surface area contributed by atoms with Gasteiger partial charge in [-0.3, -0.25) is 4.90 Å². The average molecular weight is 294 g/mol. The van der Waals surface area contributed by atoms with Crippen LogP contribution in [0.3, 0.4) is 0 Å². The molecule has 0 spiro atoms. The highest BCUT2D eigenvalue weighted by Gasteiger charge is 2.32. The lowest BCUT2D eigenvalue weighted by Gasteiger charge is -2.36. The minimum absolute atomic E-state index is 0.0950. The number of hydrogen-bond acceptors (Lipinski definition) is 4. The van der Waals surface area contributed by atoms with Gasteiger partial charge in [0.25, 0.3) is 0 Å². The predicted molar refractivity (Wildman–Crippen MR) is 69.7 cm³/mol. The zero-order valence-corrected chi connectivity index (χ0v) is 11.3. The Bertz CT molecular complexity index is 375. The maximum atomic E-state index is 12.1. The van der Waals surface area contributed by atoms with Gasteiger partial charge in [0.1, 0.15) is 0 Å². The largest absolute Gasteiger partial charge is 0.391 e. The van der Waals surface area contributed by atoms with Gasteiger partial charge < -0.3 is 10.0 Å². The minimum Gasteiger partial charge on any atom is -0.391 e. The number of rotatable bonds is 4. The Morgan fingerprint density at radius 3 is 2.47 bits per heavy atom. The van der Waals surface area contributed by atoms with Gasteiger partial charge in [-0.25, -0.2) is 0 Å². The highest BCUT2D eigenvalue weighted by molar-refractivity contribution is 7.14. The van der Waals surface area contributed by atoms with Gasteiger partial charge in [0.2, 0.25) is 0 Å². The van der Waals surface area contributed by atoms with Crippen LogP contribution in [-0.2, 0) is 0 Å². The van der Waals surface area contributed by atoms with Crippen LogP contribution in [-0.4, -0.2) is 55.0 Å². The molecule has 1 aliphatic rings. The van der Waals surface area contributed by atoms with Gasteiger partial charge in [0.15, 0.2) is 0 Å². The first-order valence-electron chi connectivity index (χ1n) is 6.20. The van der Waals surface area contributed by atoms with Crippen LogP contribution in [0.25, 0.3) is 0 Å². The first-order valence-corrected chi connectivity index (χ1v) is 7.07. The molecule has 7 heteroatoms. The second kappa shape index (κ2) is 6.11. The second-order valence-electron chi connectivity index (χ2n) is 4.71. The molecule has 2 heterocycles.